The summed E-state index contributed by atoms with van der Waals surface area (Å²) in [7, 11) is 0. The molecular formula is C6H10N2O2. The predicted octanol–water partition coefficient (Wildman–Crippen LogP) is -0.851. The third kappa shape index (κ3) is 2.86. The van der Waals surface area contributed by atoms with Crippen molar-refractivity contribution >= 4 is 11.8 Å². The largest absolute Gasteiger partial charge is 0.370 e. The van der Waals surface area contributed by atoms with E-state index in [1.165, 1.54) is 6.08 Å². The topological polar surface area (TPSA) is 86.2 Å². The number of hydrogen-bond acceptors (Lipinski definition) is 2. The molecule has 0 saturated heterocycles. The Labute approximate surface area is 58.9 Å². The van der Waals surface area contributed by atoms with Gasteiger partial charge in [-0.15, -0.1) is 6.58 Å². The molecule has 0 radical (unpaired) electrons. The summed E-state index contributed by atoms with van der Waals surface area (Å²) in [5, 5.41) is 0. The first-order valence-corrected chi connectivity index (χ1v) is 2.78. The first kappa shape index (κ1) is 8.68. The molecule has 2 amide bonds. The molecule has 0 aliphatic rings. The highest BCUT2D eigenvalue weighted by molar-refractivity contribution is 5.85. The molecular weight excluding hydrogens is 132 g/mol. The second kappa shape index (κ2) is 3.66. The molecule has 1 unspecified atom stereocenters. The average Bonchev–Trinajstić information content (AvgIpc) is 1.81. The summed E-state index contributed by atoms with van der Waals surface area (Å²) >= 11 is 0. The molecule has 0 rings (SSSR count). The molecule has 0 aromatic heterocycles. The van der Waals surface area contributed by atoms with Crippen molar-refractivity contribution in [1.82, 2.24) is 0 Å². The van der Waals surface area contributed by atoms with Crippen molar-refractivity contribution in [3.63, 3.8) is 0 Å². The summed E-state index contributed by atoms with van der Waals surface area (Å²) in [4.78, 5) is 20.6. The van der Waals surface area contributed by atoms with Crippen LogP contribution in [0.4, 0.5) is 0 Å². The molecule has 0 saturated carbocycles. The van der Waals surface area contributed by atoms with Crippen molar-refractivity contribution in [2.45, 2.75) is 6.42 Å². The normalized spacial score (nSPS) is 12.0. The van der Waals surface area contributed by atoms with E-state index in [0.29, 0.717) is 0 Å². The van der Waals surface area contributed by atoms with Gasteiger partial charge < -0.3 is 11.5 Å². The standard InChI is InChI=1S/C6H10N2O2/c1-2-4(6(8)10)3-5(7)9/h2,4H,1,3H2,(H2,7,9)(H2,8,10). The fourth-order valence-corrected chi connectivity index (χ4v) is 0.517. The van der Waals surface area contributed by atoms with E-state index in [4.69, 9.17) is 11.5 Å². The van der Waals surface area contributed by atoms with Gasteiger partial charge in [0.15, 0.2) is 0 Å². The van der Waals surface area contributed by atoms with Crippen molar-refractivity contribution in [3.8, 4) is 0 Å². The summed E-state index contributed by atoms with van der Waals surface area (Å²) in [5.41, 5.74) is 9.69. The van der Waals surface area contributed by atoms with Crippen LogP contribution in [0.3, 0.4) is 0 Å². The minimum atomic E-state index is -0.627. The maximum atomic E-state index is 10.4. The van der Waals surface area contributed by atoms with E-state index in [1.54, 1.807) is 0 Å². The fraction of sp³-hybridized carbons (Fsp3) is 0.333. The van der Waals surface area contributed by atoms with Crippen molar-refractivity contribution in [1.29, 1.82) is 0 Å². The van der Waals surface area contributed by atoms with Gasteiger partial charge in [0.1, 0.15) is 0 Å². The van der Waals surface area contributed by atoms with E-state index in [-0.39, 0.29) is 6.42 Å². The van der Waals surface area contributed by atoms with E-state index in [0.717, 1.165) is 0 Å². The summed E-state index contributed by atoms with van der Waals surface area (Å²) in [6.45, 7) is 3.33. The molecule has 0 bridgehead atoms. The van der Waals surface area contributed by atoms with Gasteiger partial charge in [0.2, 0.25) is 11.8 Å². The highest BCUT2D eigenvalue weighted by Gasteiger charge is 2.12. The molecule has 1 atom stereocenters. The Morgan fingerprint density at radius 3 is 2.10 bits per heavy atom. The molecule has 0 fully saturated rings. The first-order chi connectivity index (χ1) is 4.57. The van der Waals surface area contributed by atoms with Gasteiger partial charge in [-0.1, -0.05) is 6.08 Å². The van der Waals surface area contributed by atoms with Crippen LogP contribution in [0.15, 0.2) is 12.7 Å². The summed E-state index contributed by atoms with van der Waals surface area (Å²) in [5.74, 6) is -1.75. The minimum Gasteiger partial charge on any atom is -0.370 e. The van der Waals surface area contributed by atoms with E-state index in [1.807, 2.05) is 0 Å². The second-order valence-electron chi connectivity index (χ2n) is 1.92. The number of nitrogens with two attached hydrogens (primary N) is 2. The lowest BCUT2D eigenvalue weighted by Gasteiger charge is -2.02. The SMILES string of the molecule is C=CC(CC(N)=O)C(N)=O. The van der Waals surface area contributed by atoms with Gasteiger partial charge in [0.05, 0.1) is 5.92 Å². The van der Waals surface area contributed by atoms with Crippen LogP contribution in [0.25, 0.3) is 0 Å². The van der Waals surface area contributed by atoms with Crippen LogP contribution in [0.2, 0.25) is 0 Å². The molecule has 0 aromatic rings. The lowest BCUT2D eigenvalue weighted by atomic mass is 10.1. The Hall–Kier alpha value is -1.32. The predicted molar refractivity (Wildman–Crippen MR) is 36.7 cm³/mol. The molecule has 0 aromatic carbocycles. The number of hydrogen-bond donors (Lipinski definition) is 2. The molecule has 4 heteroatoms. The number of carbonyl (C=O) groups is 2. The lowest BCUT2D eigenvalue weighted by Crippen LogP contribution is -2.26. The number of primary amides is 2. The summed E-state index contributed by atoms with van der Waals surface area (Å²) in [6.07, 6.45) is 1.26. The highest BCUT2D eigenvalue weighted by atomic mass is 16.2. The zero-order chi connectivity index (χ0) is 8.15. The zero-order valence-corrected chi connectivity index (χ0v) is 5.54. The van der Waals surface area contributed by atoms with Crippen LogP contribution in [0.5, 0.6) is 0 Å². The number of carbonyl (C=O) groups excluding carboxylic acids is 2. The van der Waals surface area contributed by atoms with Crippen LogP contribution >= 0.6 is 0 Å². The molecule has 0 heterocycles. The van der Waals surface area contributed by atoms with Gasteiger partial charge >= 0.3 is 0 Å². The van der Waals surface area contributed by atoms with Crippen molar-refractivity contribution in [2.75, 3.05) is 0 Å². The van der Waals surface area contributed by atoms with Crippen LogP contribution in [0, 0.1) is 5.92 Å². The summed E-state index contributed by atoms with van der Waals surface area (Å²) in [6, 6.07) is 0. The Morgan fingerprint density at radius 1 is 1.50 bits per heavy atom. The van der Waals surface area contributed by atoms with Gasteiger partial charge in [-0.3, -0.25) is 9.59 Å². The quantitative estimate of drug-likeness (QED) is 0.501. The van der Waals surface area contributed by atoms with Crippen molar-refractivity contribution in [3.05, 3.63) is 12.7 Å². The monoisotopic (exact) mass is 142 g/mol. The van der Waals surface area contributed by atoms with Crippen LogP contribution < -0.4 is 11.5 Å². The van der Waals surface area contributed by atoms with Crippen molar-refractivity contribution in [2.24, 2.45) is 17.4 Å². The third-order valence-corrected chi connectivity index (χ3v) is 1.07. The van der Waals surface area contributed by atoms with E-state index < -0.39 is 17.7 Å². The molecule has 4 N–H and O–H groups in total. The van der Waals surface area contributed by atoms with Crippen LogP contribution in [-0.2, 0) is 9.59 Å². The smallest absolute Gasteiger partial charge is 0.224 e. The van der Waals surface area contributed by atoms with Crippen LogP contribution in [0.1, 0.15) is 6.42 Å². The maximum Gasteiger partial charge on any atom is 0.224 e. The minimum absolute atomic E-state index is 0.0567. The van der Waals surface area contributed by atoms with E-state index in [9.17, 15) is 9.59 Å². The zero-order valence-electron chi connectivity index (χ0n) is 5.54. The first-order valence-electron chi connectivity index (χ1n) is 2.78. The highest BCUT2D eigenvalue weighted by Crippen LogP contribution is 2.01. The average molecular weight is 142 g/mol. The van der Waals surface area contributed by atoms with Crippen molar-refractivity contribution < 1.29 is 9.59 Å². The maximum absolute atomic E-state index is 10.4. The Morgan fingerprint density at radius 2 is 2.00 bits per heavy atom. The molecule has 0 aliphatic heterocycles. The number of rotatable bonds is 4. The van der Waals surface area contributed by atoms with Gasteiger partial charge in [-0.25, -0.2) is 0 Å². The Balaban J connectivity index is 3.96. The Bertz CT molecular complexity index is 165. The van der Waals surface area contributed by atoms with Gasteiger partial charge in [-0.2, -0.15) is 0 Å². The second-order valence-corrected chi connectivity index (χ2v) is 1.92. The van der Waals surface area contributed by atoms with Crippen LogP contribution in [-0.4, -0.2) is 11.8 Å². The van der Waals surface area contributed by atoms with Gasteiger partial charge in [0, 0.05) is 6.42 Å². The molecule has 0 aliphatic carbocycles. The van der Waals surface area contributed by atoms with E-state index >= 15 is 0 Å². The van der Waals surface area contributed by atoms with Gasteiger partial charge in [-0.05, 0) is 0 Å². The number of amides is 2. The molecule has 4 nitrogen and oxygen atoms in total. The Kier molecular flexibility index (Phi) is 3.17. The van der Waals surface area contributed by atoms with E-state index in [2.05, 4.69) is 6.58 Å². The summed E-state index contributed by atoms with van der Waals surface area (Å²) < 4.78 is 0. The lowest BCUT2D eigenvalue weighted by molar-refractivity contribution is -0.125. The molecule has 56 valence electrons. The fourth-order valence-electron chi connectivity index (χ4n) is 0.517. The third-order valence-electron chi connectivity index (χ3n) is 1.07. The molecule has 10 heavy (non-hydrogen) atoms. The van der Waals surface area contributed by atoms with Gasteiger partial charge in [0.25, 0.3) is 0 Å². The molecule has 0 spiro atoms.